The number of carbonyl (C=O) groups is 2. The standard InChI is InChI=1S/C18H17N5O2/c24-17(8-7-15-20-10-11-21-15)22-14-5-3-4-13(12-14)18(25)23-16-6-1-2-9-19-16/h1-6,9-12H,7-8H2,(H,20,21)(H,22,24)(H,19,23,25). The van der Waals surface area contributed by atoms with Gasteiger partial charge in [0.2, 0.25) is 5.91 Å². The van der Waals surface area contributed by atoms with Crippen molar-refractivity contribution in [2.24, 2.45) is 0 Å². The summed E-state index contributed by atoms with van der Waals surface area (Å²) in [6, 6.07) is 12.0. The zero-order chi connectivity index (χ0) is 17.5. The Labute approximate surface area is 144 Å². The highest BCUT2D eigenvalue weighted by atomic mass is 16.2. The number of hydrogen-bond donors (Lipinski definition) is 3. The van der Waals surface area contributed by atoms with E-state index in [1.54, 1.807) is 61.1 Å². The Kier molecular flexibility index (Phi) is 5.16. The van der Waals surface area contributed by atoms with Crippen molar-refractivity contribution in [3.63, 3.8) is 0 Å². The van der Waals surface area contributed by atoms with Crippen molar-refractivity contribution in [3.8, 4) is 0 Å². The zero-order valence-electron chi connectivity index (χ0n) is 13.4. The number of H-pyrrole nitrogens is 1. The summed E-state index contributed by atoms with van der Waals surface area (Å²) in [5, 5.41) is 5.49. The molecule has 0 spiro atoms. The number of nitrogens with zero attached hydrogens (tertiary/aromatic N) is 2. The molecule has 2 heterocycles. The molecule has 0 aliphatic rings. The largest absolute Gasteiger partial charge is 0.349 e. The van der Waals surface area contributed by atoms with Gasteiger partial charge in [-0.05, 0) is 30.3 Å². The molecule has 7 nitrogen and oxygen atoms in total. The van der Waals surface area contributed by atoms with Crippen LogP contribution < -0.4 is 10.6 Å². The van der Waals surface area contributed by atoms with Crippen molar-refractivity contribution in [3.05, 3.63) is 72.4 Å². The summed E-state index contributed by atoms with van der Waals surface area (Å²) in [5.74, 6) is 0.808. The number of amides is 2. The molecular formula is C18H17N5O2. The van der Waals surface area contributed by atoms with E-state index in [9.17, 15) is 9.59 Å². The second kappa shape index (κ2) is 7.87. The zero-order valence-corrected chi connectivity index (χ0v) is 13.4. The van der Waals surface area contributed by atoms with Crippen LogP contribution in [0.25, 0.3) is 0 Å². The average molecular weight is 335 g/mol. The number of aromatic amines is 1. The molecule has 0 aliphatic heterocycles. The number of imidazole rings is 1. The van der Waals surface area contributed by atoms with Crippen LogP contribution in [0.5, 0.6) is 0 Å². The quantitative estimate of drug-likeness (QED) is 0.645. The lowest BCUT2D eigenvalue weighted by Crippen LogP contribution is -2.15. The van der Waals surface area contributed by atoms with E-state index in [2.05, 4.69) is 25.6 Å². The van der Waals surface area contributed by atoms with E-state index >= 15 is 0 Å². The molecular weight excluding hydrogens is 318 g/mol. The molecule has 0 saturated carbocycles. The maximum Gasteiger partial charge on any atom is 0.256 e. The lowest BCUT2D eigenvalue weighted by Gasteiger charge is -2.08. The molecule has 0 bridgehead atoms. The van der Waals surface area contributed by atoms with Crippen LogP contribution in [0.3, 0.4) is 0 Å². The molecule has 2 aromatic heterocycles. The van der Waals surface area contributed by atoms with Gasteiger partial charge in [-0.3, -0.25) is 9.59 Å². The summed E-state index contributed by atoms with van der Waals surface area (Å²) < 4.78 is 0. The van der Waals surface area contributed by atoms with E-state index in [1.165, 1.54) is 0 Å². The molecule has 0 radical (unpaired) electrons. The van der Waals surface area contributed by atoms with Gasteiger partial charge in [-0.15, -0.1) is 0 Å². The van der Waals surface area contributed by atoms with Crippen molar-refractivity contribution in [1.29, 1.82) is 0 Å². The van der Waals surface area contributed by atoms with Gasteiger partial charge in [0.25, 0.3) is 5.91 Å². The molecule has 3 rings (SSSR count). The maximum atomic E-state index is 12.3. The lowest BCUT2D eigenvalue weighted by atomic mass is 10.2. The number of aryl methyl sites for hydroxylation is 1. The third-order valence-corrected chi connectivity index (χ3v) is 3.46. The minimum Gasteiger partial charge on any atom is -0.349 e. The van der Waals surface area contributed by atoms with E-state index < -0.39 is 0 Å². The van der Waals surface area contributed by atoms with Gasteiger partial charge in [0, 0.05) is 42.7 Å². The minimum atomic E-state index is -0.287. The van der Waals surface area contributed by atoms with Gasteiger partial charge in [0.05, 0.1) is 0 Å². The van der Waals surface area contributed by atoms with Gasteiger partial charge in [-0.2, -0.15) is 0 Å². The fraction of sp³-hybridized carbons (Fsp3) is 0.111. The van der Waals surface area contributed by atoms with Crippen LogP contribution in [0.1, 0.15) is 22.6 Å². The minimum absolute atomic E-state index is 0.140. The first-order valence-corrected chi connectivity index (χ1v) is 7.81. The molecule has 1 aromatic carbocycles. The van der Waals surface area contributed by atoms with Crippen LogP contribution in [0.2, 0.25) is 0 Å². The van der Waals surface area contributed by atoms with Gasteiger partial charge >= 0.3 is 0 Å². The summed E-state index contributed by atoms with van der Waals surface area (Å²) in [6.45, 7) is 0. The van der Waals surface area contributed by atoms with Gasteiger partial charge in [0.1, 0.15) is 11.6 Å². The van der Waals surface area contributed by atoms with Gasteiger partial charge in [0.15, 0.2) is 0 Å². The first kappa shape index (κ1) is 16.4. The van der Waals surface area contributed by atoms with Crippen LogP contribution >= 0.6 is 0 Å². The third kappa shape index (κ3) is 4.74. The molecule has 0 aliphatic carbocycles. The van der Waals surface area contributed by atoms with Crippen molar-refractivity contribution in [2.45, 2.75) is 12.8 Å². The molecule has 126 valence electrons. The number of rotatable bonds is 6. The van der Waals surface area contributed by atoms with Crippen LogP contribution in [0.15, 0.2) is 61.1 Å². The fourth-order valence-corrected chi connectivity index (χ4v) is 2.25. The molecule has 0 fully saturated rings. The highest BCUT2D eigenvalue weighted by Crippen LogP contribution is 2.13. The van der Waals surface area contributed by atoms with Crippen LogP contribution in [-0.4, -0.2) is 26.8 Å². The van der Waals surface area contributed by atoms with Crippen molar-refractivity contribution < 1.29 is 9.59 Å². The Morgan fingerprint density at radius 3 is 2.68 bits per heavy atom. The summed E-state index contributed by atoms with van der Waals surface area (Å²) in [4.78, 5) is 35.4. The Morgan fingerprint density at radius 2 is 1.92 bits per heavy atom. The van der Waals surface area contributed by atoms with Crippen molar-refractivity contribution >= 4 is 23.3 Å². The highest BCUT2D eigenvalue weighted by Gasteiger charge is 2.09. The molecule has 2 amide bonds. The number of carbonyl (C=O) groups excluding carboxylic acids is 2. The van der Waals surface area contributed by atoms with Gasteiger partial charge in [-0.25, -0.2) is 9.97 Å². The maximum absolute atomic E-state index is 12.3. The average Bonchev–Trinajstić information content (AvgIpc) is 3.15. The summed E-state index contributed by atoms with van der Waals surface area (Å²) >= 11 is 0. The second-order valence-corrected chi connectivity index (χ2v) is 5.33. The predicted octanol–water partition coefficient (Wildman–Crippen LogP) is 2.63. The van der Waals surface area contributed by atoms with Gasteiger partial charge < -0.3 is 15.6 Å². The third-order valence-electron chi connectivity index (χ3n) is 3.46. The topological polar surface area (TPSA) is 99.8 Å². The monoisotopic (exact) mass is 335 g/mol. The number of hydrogen-bond acceptors (Lipinski definition) is 4. The Morgan fingerprint density at radius 1 is 1.00 bits per heavy atom. The van der Waals surface area contributed by atoms with E-state index in [0.717, 1.165) is 5.82 Å². The lowest BCUT2D eigenvalue weighted by molar-refractivity contribution is -0.116. The predicted molar refractivity (Wildman–Crippen MR) is 94.2 cm³/mol. The van der Waals surface area contributed by atoms with E-state index in [1.807, 2.05) is 0 Å². The summed E-state index contributed by atoms with van der Waals surface area (Å²) in [5.41, 5.74) is 1.01. The van der Waals surface area contributed by atoms with Crippen LogP contribution in [0, 0.1) is 0 Å². The van der Waals surface area contributed by atoms with E-state index in [4.69, 9.17) is 0 Å². The first-order chi connectivity index (χ1) is 12.2. The first-order valence-electron chi connectivity index (χ1n) is 7.81. The molecule has 7 heteroatoms. The number of anilines is 2. The van der Waals surface area contributed by atoms with Crippen LogP contribution in [-0.2, 0) is 11.2 Å². The highest BCUT2D eigenvalue weighted by molar-refractivity contribution is 6.04. The fourth-order valence-electron chi connectivity index (χ4n) is 2.25. The number of pyridine rings is 1. The molecule has 0 saturated heterocycles. The Bertz CT molecular complexity index is 847. The molecule has 0 atom stereocenters. The molecule has 25 heavy (non-hydrogen) atoms. The number of benzene rings is 1. The SMILES string of the molecule is O=C(CCc1ncc[nH]1)Nc1cccc(C(=O)Nc2ccccn2)c1. The summed E-state index contributed by atoms with van der Waals surface area (Å²) in [7, 11) is 0. The van der Waals surface area contributed by atoms with Crippen molar-refractivity contribution in [2.75, 3.05) is 10.6 Å². The number of aromatic nitrogens is 3. The normalized spacial score (nSPS) is 10.2. The van der Waals surface area contributed by atoms with Gasteiger partial charge in [-0.1, -0.05) is 12.1 Å². The molecule has 0 unspecified atom stereocenters. The second-order valence-electron chi connectivity index (χ2n) is 5.33. The van der Waals surface area contributed by atoms with Crippen LogP contribution in [0.4, 0.5) is 11.5 Å². The smallest absolute Gasteiger partial charge is 0.256 e. The summed E-state index contributed by atoms with van der Waals surface area (Å²) in [6.07, 6.45) is 5.80. The molecule has 3 aromatic rings. The number of nitrogens with one attached hydrogen (secondary N) is 3. The Hall–Kier alpha value is -3.48. The van der Waals surface area contributed by atoms with Crippen molar-refractivity contribution in [1.82, 2.24) is 15.0 Å². The van der Waals surface area contributed by atoms with E-state index in [0.29, 0.717) is 29.9 Å². The Balaban J connectivity index is 1.59. The van der Waals surface area contributed by atoms with E-state index in [-0.39, 0.29) is 11.8 Å². The molecule has 3 N–H and O–H groups in total.